The van der Waals surface area contributed by atoms with Crippen LogP contribution in [0, 0.1) is 24.2 Å². The van der Waals surface area contributed by atoms with Crippen molar-refractivity contribution in [1.82, 2.24) is 15.1 Å². The molecule has 1 aromatic rings. The molecule has 0 saturated carbocycles. The number of likely N-dealkylation sites (tertiary alicyclic amines) is 1. The van der Waals surface area contributed by atoms with Crippen LogP contribution in [0.15, 0.2) is 18.2 Å². The van der Waals surface area contributed by atoms with Gasteiger partial charge in [0.1, 0.15) is 11.5 Å². The zero-order valence-electron chi connectivity index (χ0n) is 22.2. The lowest BCUT2D eigenvalue weighted by atomic mass is 9.94. The first kappa shape index (κ1) is 28.0. The molecule has 200 valence electrons. The Kier molecular flexibility index (Phi) is 9.19. The molecule has 2 heterocycles. The first-order valence-corrected chi connectivity index (χ1v) is 12.8. The molecule has 9 nitrogen and oxygen atoms in total. The lowest BCUT2D eigenvalue weighted by molar-refractivity contribution is -0.145. The fourth-order valence-electron chi connectivity index (χ4n) is 4.53. The predicted octanol–water partition coefficient (Wildman–Crippen LogP) is 2.76. The zero-order valence-corrected chi connectivity index (χ0v) is 22.2. The van der Waals surface area contributed by atoms with Gasteiger partial charge in [0.25, 0.3) is 5.91 Å². The molecule has 37 heavy (non-hydrogen) atoms. The van der Waals surface area contributed by atoms with Crippen molar-refractivity contribution in [1.29, 1.82) is 0 Å². The van der Waals surface area contributed by atoms with Gasteiger partial charge in [0.15, 0.2) is 0 Å². The Labute approximate surface area is 218 Å². The van der Waals surface area contributed by atoms with E-state index >= 15 is 0 Å². The van der Waals surface area contributed by atoms with Crippen LogP contribution < -0.4 is 5.32 Å². The minimum absolute atomic E-state index is 0.00372. The van der Waals surface area contributed by atoms with Gasteiger partial charge in [-0.1, -0.05) is 12.0 Å². The highest BCUT2D eigenvalue weighted by Crippen LogP contribution is 2.24. The lowest BCUT2D eigenvalue weighted by Gasteiger charge is -2.33. The van der Waals surface area contributed by atoms with Gasteiger partial charge in [0, 0.05) is 38.3 Å². The summed E-state index contributed by atoms with van der Waals surface area (Å²) in [5, 5.41) is 2.75. The van der Waals surface area contributed by atoms with Crippen LogP contribution in [0.5, 0.6) is 0 Å². The third-order valence-electron chi connectivity index (χ3n) is 6.45. The molecule has 0 spiro atoms. The number of nitrogens with one attached hydrogen (secondary N) is 1. The molecule has 1 saturated heterocycles. The van der Waals surface area contributed by atoms with Gasteiger partial charge in [-0.3, -0.25) is 14.4 Å². The number of hydrogen-bond acceptors (Lipinski definition) is 6. The minimum Gasteiger partial charge on any atom is -0.465 e. The van der Waals surface area contributed by atoms with Crippen molar-refractivity contribution in [2.75, 3.05) is 32.8 Å². The number of nitrogens with zero attached hydrogens (tertiary/aromatic N) is 2. The van der Waals surface area contributed by atoms with E-state index < -0.39 is 17.5 Å². The average Bonchev–Trinajstić information content (AvgIpc) is 2.87. The van der Waals surface area contributed by atoms with E-state index in [-0.39, 0.29) is 37.0 Å². The van der Waals surface area contributed by atoms with Crippen LogP contribution in [-0.4, -0.2) is 72.1 Å². The summed E-state index contributed by atoms with van der Waals surface area (Å²) in [5.74, 6) is 0.253. The SMILES string of the molecule is C#C[C@@H](CNC(=O)[C@@H]1CCCN(C(=O)c2ccc3c(c2)CCN(C(=O)OC(C)(C)C)C3)C1)C(=O)OCC. The predicted molar refractivity (Wildman–Crippen MR) is 137 cm³/mol. The number of rotatable bonds is 6. The number of terminal acetylenes is 1. The number of esters is 1. The molecule has 1 N–H and O–H groups in total. The monoisotopic (exact) mass is 511 g/mol. The van der Waals surface area contributed by atoms with Gasteiger partial charge in [0.05, 0.1) is 12.5 Å². The second-order valence-corrected chi connectivity index (χ2v) is 10.4. The molecule has 0 aliphatic carbocycles. The van der Waals surface area contributed by atoms with Gasteiger partial charge in [-0.15, -0.1) is 6.42 Å². The Bertz CT molecular complexity index is 1070. The van der Waals surface area contributed by atoms with E-state index in [2.05, 4.69) is 11.2 Å². The van der Waals surface area contributed by atoms with Crippen molar-refractivity contribution >= 4 is 23.9 Å². The summed E-state index contributed by atoms with van der Waals surface area (Å²) in [7, 11) is 0. The van der Waals surface area contributed by atoms with Crippen molar-refractivity contribution in [3.8, 4) is 12.3 Å². The summed E-state index contributed by atoms with van der Waals surface area (Å²) in [6, 6.07) is 5.56. The van der Waals surface area contributed by atoms with Gasteiger partial charge in [-0.25, -0.2) is 4.79 Å². The number of benzene rings is 1. The standard InChI is InChI=1S/C28H37N3O6/c1-6-19(26(34)36-7-2)16-29-24(32)23-9-8-13-30(18-23)25(33)21-10-11-22-17-31(14-12-20(22)15-21)27(35)37-28(3,4)5/h1,10-11,15,19,23H,7-9,12-14,16-18H2,2-5H3,(H,29,32)/t19-,23+/m0/s1. The molecule has 0 bridgehead atoms. The summed E-state index contributed by atoms with van der Waals surface area (Å²) in [6.45, 7) is 9.27. The van der Waals surface area contributed by atoms with Crippen molar-refractivity contribution in [2.45, 2.75) is 59.1 Å². The highest BCUT2D eigenvalue weighted by Gasteiger charge is 2.31. The Hall–Kier alpha value is -3.54. The van der Waals surface area contributed by atoms with Gasteiger partial charge in [0.2, 0.25) is 5.91 Å². The quantitative estimate of drug-likeness (QED) is 0.465. The Morgan fingerprint density at radius 3 is 2.59 bits per heavy atom. The van der Waals surface area contributed by atoms with Crippen molar-refractivity contribution in [3.63, 3.8) is 0 Å². The summed E-state index contributed by atoms with van der Waals surface area (Å²) in [5.41, 5.74) is 2.05. The molecule has 2 aliphatic heterocycles. The van der Waals surface area contributed by atoms with Gasteiger partial charge in [-0.05, 0) is 70.2 Å². The largest absolute Gasteiger partial charge is 0.465 e. The third-order valence-corrected chi connectivity index (χ3v) is 6.45. The van der Waals surface area contributed by atoms with Crippen LogP contribution in [0.3, 0.4) is 0 Å². The maximum atomic E-state index is 13.3. The number of amides is 3. The van der Waals surface area contributed by atoms with E-state index in [1.54, 1.807) is 22.8 Å². The topological polar surface area (TPSA) is 105 Å². The average molecular weight is 512 g/mol. The van der Waals surface area contributed by atoms with E-state index in [4.69, 9.17) is 15.9 Å². The molecule has 3 rings (SSSR count). The zero-order chi connectivity index (χ0) is 27.2. The van der Waals surface area contributed by atoms with Crippen LogP contribution in [0.2, 0.25) is 0 Å². The molecule has 9 heteroatoms. The maximum Gasteiger partial charge on any atom is 0.410 e. The Morgan fingerprint density at radius 1 is 1.16 bits per heavy atom. The molecule has 0 unspecified atom stereocenters. The van der Waals surface area contributed by atoms with E-state index in [9.17, 15) is 19.2 Å². The molecule has 1 aromatic carbocycles. The molecule has 2 aliphatic rings. The number of hydrogen-bond donors (Lipinski definition) is 1. The lowest BCUT2D eigenvalue weighted by Crippen LogP contribution is -2.46. The Balaban J connectivity index is 1.59. The highest BCUT2D eigenvalue weighted by atomic mass is 16.6. The second-order valence-electron chi connectivity index (χ2n) is 10.4. The summed E-state index contributed by atoms with van der Waals surface area (Å²) in [6.07, 6.45) is 7.06. The Morgan fingerprint density at radius 2 is 1.92 bits per heavy atom. The highest BCUT2D eigenvalue weighted by molar-refractivity contribution is 5.95. The molecule has 2 atom stereocenters. The van der Waals surface area contributed by atoms with Gasteiger partial charge in [-0.2, -0.15) is 0 Å². The van der Waals surface area contributed by atoms with Crippen LogP contribution in [0.25, 0.3) is 0 Å². The fourth-order valence-corrected chi connectivity index (χ4v) is 4.53. The summed E-state index contributed by atoms with van der Waals surface area (Å²) < 4.78 is 10.4. The third kappa shape index (κ3) is 7.48. The number of fused-ring (bicyclic) bond motifs is 1. The van der Waals surface area contributed by atoms with E-state index in [0.29, 0.717) is 51.0 Å². The number of carbonyl (C=O) groups is 4. The van der Waals surface area contributed by atoms with Crippen LogP contribution >= 0.6 is 0 Å². The number of ether oxygens (including phenoxy) is 2. The number of carbonyl (C=O) groups excluding carboxylic acids is 4. The molecule has 0 aromatic heterocycles. The fraction of sp³-hybridized carbons (Fsp3) is 0.571. The first-order valence-electron chi connectivity index (χ1n) is 12.8. The van der Waals surface area contributed by atoms with Crippen LogP contribution in [0.1, 0.15) is 62.0 Å². The molecule has 3 amide bonds. The normalized spacial score (nSPS) is 18.2. The minimum atomic E-state index is -0.841. The van der Waals surface area contributed by atoms with Crippen molar-refractivity contribution < 1.29 is 28.7 Å². The van der Waals surface area contributed by atoms with E-state index in [0.717, 1.165) is 11.1 Å². The van der Waals surface area contributed by atoms with E-state index in [1.807, 2.05) is 32.9 Å². The molecular weight excluding hydrogens is 474 g/mol. The smallest absolute Gasteiger partial charge is 0.410 e. The van der Waals surface area contributed by atoms with Crippen LogP contribution in [-0.2, 0) is 32.0 Å². The van der Waals surface area contributed by atoms with Crippen molar-refractivity contribution in [2.24, 2.45) is 11.8 Å². The second kappa shape index (κ2) is 12.1. The molecule has 0 radical (unpaired) electrons. The summed E-state index contributed by atoms with van der Waals surface area (Å²) in [4.78, 5) is 53.7. The van der Waals surface area contributed by atoms with Gasteiger partial charge >= 0.3 is 12.1 Å². The number of piperidine rings is 1. The van der Waals surface area contributed by atoms with Crippen molar-refractivity contribution in [3.05, 3.63) is 34.9 Å². The first-order chi connectivity index (χ1) is 17.5. The molecular formula is C28H37N3O6. The van der Waals surface area contributed by atoms with Gasteiger partial charge < -0.3 is 24.6 Å². The van der Waals surface area contributed by atoms with E-state index in [1.165, 1.54) is 0 Å². The maximum absolute atomic E-state index is 13.3. The molecule has 1 fully saturated rings. The van der Waals surface area contributed by atoms with Crippen LogP contribution in [0.4, 0.5) is 4.79 Å². The summed E-state index contributed by atoms with van der Waals surface area (Å²) >= 11 is 0.